The van der Waals surface area contributed by atoms with Crippen molar-refractivity contribution in [3.8, 4) is 0 Å². The molecule has 2 rings (SSSR count). The van der Waals surface area contributed by atoms with Crippen LogP contribution in [0.2, 0.25) is 0 Å². The largest absolute Gasteiger partial charge is 0.462 e. The molecule has 0 saturated carbocycles. The fraction of sp³-hybridized carbons (Fsp3) is 0.167. The van der Waals surface area contributed by atoms with Crippen molar-refractivity contribution in [2.45, 2.75) is 6.92 Å². The van der Waals surface area contributed by atoms with Gasteiger partial charge in [-0.1, -0.05) is 34.1 Å². The molecule has 2 aromatic rings. The van der Waals surface area contributed by atoms with Crippen LogP contribution < -0.4 is 5.32 Å². The number of nitrogens with one attached hydrogen (secondary N) is 1. The third kappa shape index (κ3) is 5.42. The normalized spacial score (nSPS) is 10.0. The molecule has 25 heavy (non-hydrogen) atoms. The second-order valence-corrected chi connectivity index (χ2v) is 5.82. The quantitative estimate of drug-likeness (QED) is 0.744. The van der Waals surface area contributed by atoms with E-state index in [1.807, 2.05) is 0 Å². The van der Waals surface area contributed by atoms with Crippen LogP contribution in [0.4, 0.5) is 5.69 Å². The highest BCUT2D eigenvalue weighted by atomic mass is 79.9. The summed E-state index contributed by atoms with van der Waals surface area (Å²) < 4.78 is 10.6. The number of benzene rings is 2. The van der Waals surface area contributed by atoms with Crippen LogP contribution in [0.1, 0.15) is 27.6 Å². The molecule has 0 atom stereocenters. The molecule has 1 amide bonds. The summed E-state index contributed by atoms with van der Waals surface area (Å²) in [5.41, 5.74) is 0.856. The Balaban J connectivity index is 1.97. The standard InChI is InChI=1S/C18H16BrNO5/c1-2-24-18(23)14-8-3-4-9-15(14)20-16(21)11-25-17(22)12-6-5-7-13(19)10-12/h3-10H,2,11H2,1H3,(H,20,21). The average Bonchev–Trinajstić information content (AvgIpc) is 2.60. The van der Waals surface area contributed by atoms with E-state index in [9.17, 15) is 14.4 Å². The predicted octanol–water partition coefficient (Wildman–Crippen LogP) is 3.42. The van der Waals surface area contributed by atoms with Crippen molar-refractivity contribution in [1.82, 2.24) is 0 Å². The Hall–Kier alpha value is -2.67. The molecule has 0 saturated heterocycles. The number of ether oxygens (including phenoxy) is 2. The molecule has 0 heterocycles. The molecular weight excluding hydrogens is 390 g/mol. The first-order chi connectivity index (χ1) is 12.0. The molecule has 0 spiro atoms. The molecule has 6 nitrogen and oxygen atoms in total. The Kier molecular flexibility index (Phi) is 6.71. The minimum atomic E-state index is -0.616. The van der Waals surface area contributed by atoms with E-state index in [1.165, 1.54) is 0 Å². The second kappa shape index (κ2) is 8.98. The van der Waals surface area contributed by atoms with Crippen LogP contribution in [-0.4, -0.2) is 31.1 Å². The zero-order valence-corrected chi connectivity index (χ0v) is 15.0. The van der Waals surface area contributed by atoms with Gasteiger partial charge in [-0.05, 0) is 37.3 Å². The summed E-state index contributed by atoms with van der Waals surface area (Å²) in [7, 11) is 0. The Labute approximate surface area is 153 Å². The SMILES string of the molecule is CCOC(=O)c1ccccc1NC(=O)COC(=O)c1cccc(Br)c1. The van der Waals surface area contributed by atoms with E-state index < -0.39 is 24.5 Å². The number of hydrogen-bond acceptors (Lipinski definition) is 5. The number of halogens is 1. The highest BCUT2D eigenvalue weighted by molar-refractivity contribution is 9.10. The molecule has 130 valence electrons. The predicted molar refractivity (Wildman–Crippen MR) is 95.5 cm³/mol. The first-order valence-electron chi connectivity index (χ1n) is 7.50. The lowest BCUT2D eigenvalue weighted by Crippen LogP contribution is -2.22. The zero-order valence-electron chi connectivity index (χ0n) is 13.5. The van der Waals surface area contributed by atoms with Crippen molar-refractivity contribution >= 4 is 39.5 Å². The first kappa shape index (κ1) is 18.7. The fourth-order valence-corrected chi connectivity index (χ4v) is 2.39. The summed E-state index contributed by atoms with van der Waals surface area (Å²) in [6, 6.07) is 13.1. The molecule has 0 aliphatic carbocycles. The minimum absolute atomic E-state index is 0.228. The third-order valence-electron chi connectivity index (χ3n) is 3.09. The molecule has 0 aliphatic heterocycles. The van der Waals surface area contributed by atoms with E-state index in [0.29, 0.717) is 11.3 Å². The average molecular weight is 406 g/mol. The van der Waals surface area contributed by atoms with Crippen molar-refractivity contribution in [2.24, 2.45) is 0 Å². The van der Waals surface area contributed by atoms with Gasteiger partial charge in [0.15, 0.2) is 6.61 Å². The zero-order chi connectivity index (χ0) is 18.2. The topological polar surface area (TPSA) is 81.7 Å². The second-order valence-electron chi connectivity index (χ2n) is 4.90. The summed E-state index contributed by atoms with van der Waals surface area (Å²) in [6.07, 6.45) is 0. The van der Waals surface area contributed by atoms with Crippen LogP contribution in [0, 0.1) is 0 Å². The first-order valence-corrected chi connectivity index (χ1v) is 8.29. The molecule has 0 fully saturated rings. The Bertz CT molecular complexity index is 791. The number of rotatable bonds is 6. The number of esters is 2. The maximum absolute atomic E-state index is 12.0. The molecule has 2 aromatic carbocycles. The number of carbonyl (C=O) groups excluding carboxylic acids is 3. The van der Waals surface area contributed by atoms with Gasteiger partial charge in [-0.3, -0.25) is 4.79 Å². The van der Waals surface area contributed by atoms with Gasteiger partial charge in [0, 0.05) is 4.47 Å². The molecule has 0 aliphatic rings. The Morgan fingerprint density at radius 1 is 1.00 bits per heavy atom. The molecule has 0 unspecified atom stereocenters. The molecule has 0 bridgehead atoms. The molecular formula is C18H16BrNO5. The van der Waals surface area contributed by atoms with E-state index in [4.69, 9.17) is 9.47 Å². The summed E-state index contributed by atoms with van der Waals surface area (Å²) in [5, 5.41) is 2.54. The van der Waals surface area contributed by atoms with Gasteiger partial charge in [0.2, 0.25) is 0 Å². The van der Waals surface area contributed by atoms with Gasteiger partial charge in [-0.25, -0.2) is 9.59 Å². The summed E-state index contributed by atoms with van der Waals surface area (Å²) in [4.78, 5) is 35.8. The number of anilines is 1. The minimum Gasteiger partial charge on any atom is -0.462 e. The smallest absolute Gasteiger partial charge is 0.340 e. The molecule has 1 N–H and O–H groups in total. The summed E-state index contributed by atoms with van der Waals surface area (Å²) in [6.45, 7) is 1.45. The monoisotopic (exact) mass is 405 g/mol. The van der Waals surface area contributed by atoms with Crippen LogP contribution in [0.5, 0.6) is 0 Å². The molecule has 0 radical (unpaired) electrons. The van der Waals surface area contributed by atoms with Crippen molar-refractivity contribution < 1.29 is 23.9 Å². The van der Waals surface area contributed by atoms with Crippen molar-refractivity contribution in [3.05, 3.63) is 64.1 Å². The van der Waals surface area contributed by atoms with Gasteiger partial charge >= 0.3 is 11.9 Å². The number of hydrogen-bond donors (Lipinski definition) is 1. The Morgan fingerprint density at radius 3 is 2.48 bits per heavy atom. The van der Waals surface area contributed by atoms with E-state index >= 15 is 0 Å². The lowest BCUT2D eigenvalue weighted by molar-refractivity contribution is -0.119. The number of para-hydroxylation sites is 1. The lowest BCUT2D eigenvalue weighted by Gasteiger charge is -2.10. The van der Waals surface area contributed by atoms with E-state index in [1.54, 1.807) is 55.5 Å². The molecule has 7 heteroatoms. The van der Waals surface area contributed by atoms with Gasteiger partial charge in [0.25, 0.3) is 5.91 Å². The van der Waals surface area contributed by atoms with Gasteiger partial charge in [-0.15, -0.1) is 0 Å². The van der Waals surface area contributed by atoms with E-state index in [0.717, 1.165) is 4.47 Å². The summed E-state index contributed by atoms with van der Waals surface area (Å²) in [5.74, 6) is -1.71. The van der Waals surface area contributed by atoms with Gasteiger partial charge < -0.3 is 14.8 Å². The summed E-state index contributed by atoms with van der Waals surface area (Å²) >= 11 is 3.26. The van der Waals surface area contributed by atoms with Gasteiger partial charge in [-0.2, -0.15) is 0 Å². The van der Waals surface area contributed by atoms with Crippen LogP contribution in [-0.2, 0) is 14.3 Å². The van der Waals surface area contributed by atoms with Crippen LogP contribution in [0.25, 0.3) is 0 Å². The third-order valence-corrected chi connectivity index (χ3v) is 3.58. The van der Waals surface area contributed by atoms with E-state index in [-0.39, 0.29) is 12.2 Å². The maximum Gasteiger partial charge on any atom is 0.340 e. The van der Waals surface area contributed by atoms with Crippen LogP contribution in [0.15, 0.2) is 53.0 Å². The van der Waals surface area contributed by atoms with Crippen molar-refractivity contribution in [1.29, 1.82) is 0 Å². The van der Waals surface area contributed by atoms with Gasteiger partial charge in [0.05, 0.1) is 23.4 Å². The van der Waals surface area contributed by atoms with Crippen LogP contribution in [0.3, 0.4) is 0 Å². The molecule has 0 aromatic heterocycles. The highest BCUT2D eigenvalue weighted by Crippen LogP contribution is 2.16. The Morgan fingerprint density at radius 2 is 1.76 bits per heavy atom. The van der Waals surface area contributed by atoms with Crippen molar-refractivity contribution in [3.63, 3.8) is 0 Å². The number of amides is 1. The maximum atomic E-state index is 12.0. The fourth-order valence-electron chi connectivity index (χ4n) is 2.00. The van der Waals surface area contributed by atoms with Gasteiger partial charge in [0.1, 0.15) is 0 Å². The van der Waals surface area contributed by atoms with Crippen LogP contribution >= 0.6 is 15.9 Å². The lowest BCUT2D eigenvalue weighted by atomic mass is 10.2. The highest BCUT2D eigenvalue weighted by Gasteiger charge is 2.15. The van der Waals surface area contributed by atoms with Crippen molar-refractivity contribution in [2.75, 3.05) is 18.5 Å². The number of carbonyl (C=O) groups is 3. The van der Waals surface area contributed by atoms with E-state index in [2.05, 4.69) is 21.2 Å².